The molecule has 11 N–H and O–H groups in total. The zero-order chi connectivity index (χ0) is 54.0. The molecule has 1 aliphatic heterocycles. The van der Waals surface area contributed by atoms with E-state index in [1.165, 1.54) is 0 Å². The van der Waals surface area contributed by atoms with Crippen LogP contribution in [0.3, 0.4) is 0 Å². The van der Waals surface area contributed by atoms with Crippen molar-refractivity contribution in [3.8, 4) is 0 Å². The van der Waals surface area contributed by atoms with Gasteiger partial charge < -0.3 is 67.1 Å². The summed E-state index contributed by atoms with van der Waals surface area (Å²) in [4.78, 5) is 126. The molecule has 1 heterocycles. The van der Waals surface area contributed by atoms with E-state index < -0.39 is 66.4 Å². The quantitative estimate of drug-likeness (QED) is 0.0326. The van der Waals surface area contributed by atoms with Gasteiger partial charge in [0.2, 0.25) is 17.7 Å². The van der Waals surface area contributed by atoms with Crippen LogP contribution < -0.4 is 31.9 Å². The standard InChI is InChI=1S/C48H77N9O16/c1-55-24-23-49-35(30-57(32-44(65)66)28-27-56(26-25-55)31-43(63)64)29-41(60)51-22-12-10-16-38(47(71)73-33-34-13-5-4-6-14-34)52-40(59)18-8-3-2-7-17-39(58)50-21-11-9-15-36(45(67)68)53-48(72)54-37(46(69)70)19-20-42(61)62/h4-6,13-14,35-38,49H,2-3,7-12,15-33H2,1H3,(H,50,58)(H,51,60)(H,52,59)(H,61,62)(H,63,64)(H,65,66)(H,67,68)(H,69,70)(H2,53,54,72)/t35?,36-,37-,38?/m0/s1. The molecule has 0 aliphatic carbocycles. The second-order valence-electron chi connectivity index (χ2n) is 18.1. The zero-order valence-corrected chi connectivity index (χ0v) is 41.9. The van der Waals surface area contributed by atoms with Gasteiger partial charge >= 0.3 is 41.8 Å². The highest BCUT2D eigenvalue weighted by Crippen LogP contribution is 2.11. The number of likely N-dealkylation sites (N-methyl/N-ethyl adjacent to an activating group) is 1. The van der Waals surface area contributed by atoms with Gasteiger partial charge in [0.25, 0.3) is 0 Å². The first-order valence-electron chi connectivity index (χ1n) is 24.9. The van der Waals surface area contributed by atoms with E-state index in [2.05, 4.69) is 36.8 Å². The number of carboxylic acid groups (broad SMARTS) is 5. The van der Waals surface area contributed by atoms with Crippen LogP contribution in [0.15, 0.2) is 30.3 Å². The molecule has 0 radical (unpaired) electrons. The maximum Gasteiger partial charge on any atom is 0.328 e. The summed E-state index contributed by atoms with van der Waals surface area (Å²) in [5, 5.41) is 62.5. The largest absolute Gasteiger partial charge is 0.481 e. The molecule has 1 aromatic carbocycles. The Bertz CT molecular complexity index is 1910. The second-order valence-corrected chi connectivity index (χ2v) is 18.1. The van der Waals surface area contributed by atoms with E-state index in [0.717, 1.165) is 5.56 Å². The minimum Gasteiger partial charge on any atom is -0.481 e. The molecule has 0 spiro atoms. The summed E-state index contributed by atoms with van der Waals surface area (Å²) >= 11 is 0. The topological polar surface area (TPSA) is 363 Å². The van der Waals surface area contributed by atoms with Gasteiger partial charge in [0.15, 0.2) is 0 Å². The SMILES string of the molecule is CN1CCNC(CC(=O)NCCCCC(NC(=O)CCCCCCC(=O)NCCCC[C@H](NC(=O)N[C@@H](CCC(=O)O)C(=O)O)C(=O)O)C(=O)OCc2ccccc2)CN(CC(=O)O)CCN(CC(=O)O)CC1. The van der Waals surface area contributed by atoms with E-state index in [1.807, 2.05) is 37.4 Å². The lowest BCUT2D eigenvalue weighted by Crippen LogP contribution is -2.51. The third-order valence-corrected chi connectivity index (χ3v) is 11.8. The van der Waals surface area contributed by atoms with Crippen molar-refractivity contribution in [1.29, 1.82) is 0 Å². The maximum atomic E-state index is 13.2. The molecule has 4 atom stereocenters. The zero-order valence-electron chi connectivity index (χ0n) is 41.9. The van der Waals surface area contributed by atoms with Gasteiger partial charge in [-0.3, -0.25) is 38.6 Å². The van der Waals surface area contributed by atoms with Gasteiger partial charge in [0.1, 0.15) is 24.7 Å². The fourth-order valence-corrected chi connectivity index (χ4v) is 7.76. The lowest BCUT2D eigenvalue weighted by molar-refractivity contribution is -0.149. The second kappa shape index (κ2) is 36.5. The molecule has 2 unspecified atom stereocenters. The maximum absolute atomic E-state index is 13.2. The van der Waals surface area contributed by atoms with Crippen molar-refractivity contribution in [2.75, 3.05) is 79.0 Å². The number of urea groups is 1. The first-order valence-corrected chi connectivity index (χ1v) is 24.9. The molecule has 2 rings (SSSR count). The molecule has 25 nitrogen and oxygen atoms in total. The molecule has 410 valence electrons. The number of carboxylic acids is 5. The number of aliphatic carboxylic acids is 5. The van der Waals surface area contributed by atoms with Gasteiger partial charge in [0, 0.05) is 90.6 Å². The third-order valence-electron chi connectivity index (χ3n) is 11.8. The molecule has 73 heavy (non-hydrogen) atoms. The third kappa shape index (κ3) is 30.9. The van der Waals surface area contributed by atoms with Crippen LogP contribution in [0.1, 0.15) is 102 Å². The minimum absolute atomic E-state index is 0.00561. The number of unbranched alkanes of at least 4 members (excludes halogenated alkanes) is 5. The van der Waals surface area contributed by atoms with E-state index in [0.29, 0.717) is 97.2 Å². The predicted molar refractivity (Wildman–Crippen MR) is 263 cm³/mol. The van der Waals surface area contributed by atoms with Crippen molar-refractivity contribution in [2.24, 2.45) is 0 Å². The molecule has 5 amide bonds. The summed E-state index contributed by atoms with van der Waals surface area (Å²) in [6, 6.07) is 3.86. The van der Waals surface area contributed by atoms with Gasteiger partial charge in [-0.2, -0.15) is 0 Å². The summed E-state index contributed by atoms with van der Waals surface area (Å²) in [5.41, 5.74) is 0.778. The molecule has 1 aliphatic rings. The monoisotopic (exact) mass is 1040 g/mol. The molecule has 25 heteroatoms. The molecule has 0 bridgehead atoms. The molecule has 1 fully saturated rings. The van der Waals surface area contributed by atoms with Crippen LogP contribution in [-0.4, -0.2) is 203 Å². The molecule has 1 aromatic rings. The minimum atomic E-state index is -1.52. The molecular weight excluding hydrogens is 959 g/mol. The number of hydrogen-bond donors (Lipinski definition) is 11. The van der Waals surface area contributed by atoms with Gasteiger partial charge in [-0.15, -0.1) is 0 Å². The summed E-state index contributed by atoms with van der Waals surface area (Å²) in [5.74, 6) is -7.45. The van der Waals surface area contributed by atoms with Crippen molar-refractivity contribution < 1.29 is 78.2 Å². The van der Waals surface area contributed by atoms with Crippen molar-refractivity contribution in [1.82, 2.24) is 46.6 Å². The Kier molecular flexibility index (Phi) is 31.3. The van der Waals surface area contributed by atoms with Crippen LogP contribution in [0, 0.1) is 0 Å². The number of benzene rings is 1. The van der Waals surface area contributed by atoms with Crippen LogP contribution in [0.5, 0.6) is 0 Å². The number of carbonyl (C=O) groups excluding carboxylic acids is 5. The summed E-state index contributed by atoms with van der Waals surface area (Å²) in [6.45, 7) is 3.33. The van der Waals surface area contributed by atoms with E-state index in [1.54, 1.807) is 9.80 Å². The summed E-state index contributed by atoms with van der Waals surface area (Å²) in [7, 11) is 1.93. The average molecular weight is 1040 g/mol. The Morgan fingerprint density at radius 2 is 1.14 bits per heavy atom. The average Bonchev–Trinajstić information content (AvgIpc) is 3.32. The number of nitrogens with zero attached hydrogens (tertiary/aromatic N) is 3. The van der Waals surface area contributed by atoms with Crippen LogP contribution in [0.4, 0.5) is 4.79 Å². The first-order chi connectivity index (χ1) is 34.8. The Labute approximate surface area is 425 Å². The van der Waals surface area contributed by atoms with Gasteiger partial charge in [0.05, 0.1) is 13.1 Å². The Morgan fingerprint density at radius 1 is 0.589 bits per heavy atom. The highest BCUT2D eigenvalue weighted by Gasteiger charge is 2.26. The highest BCUT2D eigenvalue weighted by atomic mass is 16.5. The van der Waals surface area contributed by atoms with Crippen molar-refractivity contribution in [3.63, 3.8) is 0 Å². The van der Waals surface area contributed by atoms with E-state index in [9.17, 15) is 68.4 Å². The number of carbonyl (C=O) groups is 10. The Hall–Kier alpha value is -6.44. The van der Waals surface area contributed by atoms with Crippen molar-refractivity contribution in [2.45, 2.75) is 127 Å². The molecule has 1 saturated heterocycles. The summed E-state index contributed by atoms with van der Waals surface area (Å²) < 4.78 is 5.56. The van der Waals surface area contributed by atoms with Crippen LogP contribution in [-0.2, 0) is 54.5 Å². The van der Waals surface area contributed by atoms with E-state index >= 15 is 0 Å². The lowest BCUT2D eigenvalue weighted by atomic mass is 10.1. The normalized spacial score (nSPS) is 16.2. The number of nitrogens with one attached hydrogen (secondary N) is 6. The molecular formula is C48H77N9O16. The van der Waals surface area contributed by atoms with Gasteiger partial charge in [-0.1, -0.05) is 43.2 Å². The summed E-state index contributed by atoms with van der Waals surface area (Å²) in [6.07, 6.45) is 3.81. The van der Waals surface area contributed by atoms with Crippen molar-refractivity contribution >= 4 is 59.6 Å². The van der Waals surface area contributed by atoms with Gasteiger partial charge in [-0.25, -0.2) is 19.2 Å². The van der Waals surface area contributed by atoms with E-state index in [-0.39, 0.29) is 95.1 Å². The van der Waals surface area contributed by atoms with Crippen LogP contribution in [0.25, 0.3) is 0 Å². The van der Waals surface area contributed by atoms with E-state index in [4.69, 9.17) is 9.84 Å². The lowest BCUT2D eigenvalue weighted by Gasteiger charge is -2.32. The fourth-order valence-electron chi connectivity index (χ4n) is 7.76. The Balaban J connectivity index is 1.77. The molecule has 0 aromatic heterocycles. The van der Waals surface area contributed by atoms with Crippen LogP contribution in [0.2, 0.25) is 0 Å². The van der Waals surface area contributed by atoms with Crippen molar-refractivity contribution in [3.05, 3.63) is 35.9 Å². The number of ether oxygens (including phenoxy) is 1. The van der Waals surface area contributed by atoms with Gasteiger partial charge in [-0.05, 0) is 70.4 Å². The highest BCUT2D eigenvalue weighted by molar-refractivity contribution is 5.86. The molecule has 0 saturated carbocycles. The number of amides is 5. The number of hydrogen-bond acceptors (Lipinski definition) is 15. The first kappa shape index (κ1) is 62.7. The Morgan fingerprint density at radius 3 is 1.74 bits per heavy atom. The predicted octanol–water partition coefficient (Wildman–Crippen LogP) is 0.265. The smallest absolute Gasteiger partial charge is 0.328 e. The van der Waals surface area contributed by atoms with Crippen LogP contribution >= 0.6 is 0 Å². The number of esters is 1. The fraction of sp³-hybridized carbons (Fsp3) is 0.667. The number of rotatable bonds is 34.